The van der Waals surface area contributed by atoms with Crippen molar-refractivity contribution >= 4 is 0 Å². The normalized spacial score (nSPS) is 8.18. The molecule has 0 saturated heterocycles. The van der Waals surface area contributed by atoms with E-state index < -0.39 is 0 Å². The SMILES string of the molecule is C=C.Cc1ccc(C)c(O)c1. The zero-order valence-electron chi connectivity index (χ0n) is 7.09. The van der Waals surface area contributed by atoms with Crippen LogP contribution in [0, 0.1) is 13.8 Å². The van der Waals surface area contributed by atoms with Gasteiger partial charge in [-0.15, -0.1) is 13.2 Å². The summed E-state index contributed by atoms with van der Waals surface area (Å²) in [5.74, 6) is 0.384. The van der Waals surface area contributed by atoms with Crippen LogP contribution in [0.4, 0.5) is 0 Å². The zero-order chi connectivity index (χ0) is 8.85. The highest BCUT2D eigenvalue weighted by Crippen LogP contribution is 2.15. The molecule has 1 rings (SSSR count). The first-order valence-electron chi connectivity index (χ1n) is 3.46. The Labute approximate surface area is 68.0 Å². The number of rotatable bonds is 0. The smallest absolute Gasteiger partial charge is 0.118 e. The summed E-state index contributed by atoms with van der Waals surface area (Å²) in [5, 5.41) is 9.10. The van der Waals surface area contributed by atoms with Gasteiger partial charge in [0, 0.05) is 0 Å². The molecule has 60 valence electrons. The highest BCUT2D eigenvalue weighted by molar-refractivity contribution is 5.34. The van der Waals surface area contributed by atoms with Gasteiger partial charge in [0.1, 0.15) is 5.75 Å². The molecule has 0 fully saturated rings. The van der Waals surface area contributed by atoms with E-state index in [1.54, 1.807) is 6.07 Å². The maximum Gasteiger partial charge on any atom is 0.118 e. The standard InChI is InChI=1S/C8H10O.C2H4/c1-6-3-4-7(2)8(9)5-6;1-2/h3-5,9H,1-2H3;1-2H2. The molecule has 1 aromatic rings. The van der Waals surface area contributed by atoms with E-state index in [0.717, 1.165) is 11.1 Å². The van der Waals surface area contributed by atoms with Crippen LogP contribution in [0.5, 0.6) is 5.75 Å². The maximum absolute atomic E-state index is 9.10. The monoisotopic (exact) mass is 150 g/mol. The molecule has 0 spiro atoms. The van der Waals surface area contributed by atoms with E-state index in [9.17, 15) is 0 Å². The van der Waals surface area contributed by atoms with Crippen molar-refractivity contribution in [1.82, 2.24) is 0 Å². The second-order valence-corrected chi connectivity index (χ2v) is 2.29. The van der Waals surface area contributed by atoms with E-state index in [4.69, 9.17) is 5.11 Å². The van der Waals surface area contributed by atoms with Crippen molar-refractivity contribution in [2.45, 2.75) is 13.8 Å². The number of phenolic OH excluding ortho intramolecular Hbond substituents is 1. The van der Waals surface area contributed by atoms with Crippen molar-refractivity contribution in [3.05, 3.63) is 42.5 Å². The van der Waals surface area contributed by atoms with Crippen LogP contribution in [0.15, 0.2) is 31.4 Å². The van der Waals surface area contributed by atoms with Crippen LogP contribution in [0.25, 0.3) is 0 Å². The molecule has 0 bridgehead atoms. The fourth-order valence-corrected chi connectivity index (χ4v) is 0.719. The van der Waals surface area contributed by atoms with Gasteiger partial charge < -0.3 is 5.11 Å². The number of hydrogen-bond donors (Lipinski definition) is 1. The van der Waals surface area contributed by atoms with Crippen molar-refractivity contribution in [1.29, 1.82) is 0 Å². The topological polar surface area (TPSA) is 20.2 Å². The fraction of sp³-hybridized carbons (Fsp3) is 0.200. The summed E-state index contributed by atoms with van der Waals surface area (Å²) in [6, 6.07) is 5.65. The molecule has 1 aromatic carbocycles. The van der Waals surface area contributed by atoms with E-state index >= 15 is 0 Å². The highest BCUT2D eigenvalue weighted by atomic mass is 16.3. The number of aryl methyl sites for hydroxylation is 2. The summed E-state index contributed by atoms with van der Waals surface area (Å²) < 4.78 is 0. The minimum Gasteiger partial charge on any atom is -0.508 e. The molecular weight excluding hydrogens is 136 g/mol. The quantitative estimate of drug-likeness (QED) is 0.564. The summed E-state index contributed by atoms with van der Waals surface area (Å²) in [4.78, 5) is 0. The van der Waals surface area contributed by atoms with E-state index in [1.165, 1.54) is 0 Å². The van der Waals surface area contributed by atoms with Gasteiger partial charge >= 0.3 is 0 Å². The molecule has 0 radical (unpaired) electrons. The van der Waals surface area contributed by atoms with Gasteiger partial charge in [-0.25, -0.2) is 0 Å². The van der Waals surface area contributed by atoms with Crippen molar-refractivity contribution in [2.75, 3.05) is 0 Å². The lowest BCUT2D eigenvalue weighted by Crippen LogP contribution is -1.74. The third-order valence-corrected chi connectivity index (χ3v) is 1.36. The first-order valence-corrected chi connectivity index (χ1v) is 3.46. The van der Waals surface area contributed by atoms with Crippen LogP contribution in [-0.2, 0) is 0 Å². The van der Waals surface area contributed by atoms with Gasteiger partial charge in [0.05, 0.1) is 0 Å². The van der Waals surface area contributed by atoms with Gasteiger partial charge in [-0.1, -0.05) is 12.1 Å². The molecule has 0 amide bonds. The van der Waals surface area contributed by atoms with Crippen molar-refractivity contribution in [3.63, 3.8) is 0 Å². The van der Waals surface area contributed by atoms with Crippen LogP contribution in [0.2, 0.25) is 0 Å². The van der Waals surface area contributed by atoms with E-state index in [-0.39, 0.29) is 0 Å². The Morgan fingerprint density at radius 2 is 1.73 bits per heavy atom. The molecule has 1 nitrogen and oxygen atoms in total. The van der Waals surface area contributed by atoms with Gasteiger partial charge in [0.2, 0.25) is 0 Å². The maximum atomic E-state index is 9.10. The Morgan fingerprint density at radius 1 is 1.18 bits per heavy atom. The molecule has 0 aliphatic heterocycles. The average molecular weight is 150 g/mol. The van der Waals surface area contributed by atoms with Crippen LogP contribution < -0.4 is 0 Å². The molecular formula is C10H14O. The lowest BCUT2D eigenvalue weighted by atomic mass is 10.1. The molecule has 0 aromatic heterocycles. The average Bonchev–Trinajstić information content (AvgIpc) is 2.02. The lowest BCUT2D eigenvalue weighted by Gasteiger charge is -1.97. The predicted molar refractivity (Wildman–Crippen MR) is 48.8 cm³/mol. The highest BCUT2D eigenvalue weighted by Gasteiger charge is 1.91. The Morgan fingerprint density at radius 3 is 2.09 bits per heavy atom. The van der Waals surface area contributed by atoms with Crippen LogP contribution >= 0.6 is 0 Å². The second-order valence-electron chi connectivity index (χ2n) is 2.29. The van der Waals surface area contributed by atoms with E-state index in [2.05, 4.69) is 13.2 Å². The number of phenols is 1. The molecule has 0 unspecified atom stereocenters. The fourth-order valence-electron chi connectivity index (χ4n) is 0.719. The van der Waals surface area contributed by atoms with Crippen molar-refractivity contribution < 1.29 is 5.11 Å². The van der Waals surface area contributed by atoms with Gasteiger partial charge in [-0.3, -0.25) is 0 Å². The molecule has 0 aliphatic carbocycles. The Bertz CT molecular complexity index is 228. The molecule has 0 heterocycles. The molecule has 1 N–H and O–H groups in total. The molecule has 11 heavy (non-hydrogen) atoms. The van der Waals surface area contributed by atoms with Gasteiger partial charge in [-0.05, 0) is 31.0 Å². The van der Waals surface area contributed by atoms with Crippen LogP contribution in [-0.4, -0.2) is 5.11 Å². The van der Waals surface area contributed by atoms with Gasteiger partial charge in [0.25, 0.3) is 0 Å². The number of benzene rings is 1. The molecule has 0 saturated carbocycles. The minimum absolute atomic E-state index is 0.384. The summed E-state index contributed by atoms with van der Waals surface area (Å²) in [6.45, 7) is 9.84. The van der Waals surface area contributed by atoms with Crippen LogP contribution in [0.1, 0.15) is 11.1 Å². The third kappa shape index (κ3) is 2.89. The van der Waals surface area contributed by atoms with E-state index in [1.807, 2.05) is 26.0 Å². The van der Waals surface area contributed by atoms with Gasteiger partial charge in [-0.2, -0.15) is 0 Å². The first kappa shape index (κ1) is 9.76. The molecule has 0 atom stereocenters. The lowest BCUT2D eigenvalue weighted by molar-refractivity contribution is 0.470. The van der Waals surface area contributed by atoms with Crippen molar-refractivity contribution in [3.8, 4) is 5.75 Å². The Kier molecular flexibility index (Phi) is 4.04. The van der Waals surface area contributed by atoms with Gasteiger partial charge in [0.15, 0.2) is 0 Å². The molecule has 1 heteroatoms. The zero-order valence-corrected chi connectivity index (χ0v) is 7.09. The number of aromatic hydroxyl groups is 1. The second kappa shape index (κ2) is 4.56. The Balaban J connectivity index is 0.000000461. The summed E-state index contributed by atoms with van der Waals surface area (Å²) in [5.41, 5.74) is 2.03. The summed E-state index contributed by atoms with van der Waals surface area (Å²) >= 11 is 0. The largest absolute Gasteiger partial charge is 0.508 e. The predicted octanol–water partition coefficient (Wildman–Crippen LogP) is 2.81. The minimum atomic E-state index is 0.384. The number of hydrogen-bond acceptors (Lipinski definition) is 1. The first-order chi connectivity index (χ1) is 5.20. The summed E-state index contributed by atoms with van der Waals surface area (Å²) in [7, 11) is 0. The van der Waals surface area contributed by atoms with Crippen LogP contribution in [0.3, 0.4) is 0 Å². The van der Waals surface area contributed by atoms with E-state index in [0.29, 0.717) is 5.75 Å². The third-order valence-electron chi connectivity index (χ3n) is 1.36. The Hall–Kier alpha value is -1.24. The summed E-state index contributed by atoms with van der Waals surface area (Å²) in [6.07, 6.45) is 0. The van der Waals surface area contributed by atoms with Crippen molar-refractivity contribution in [2.24, 2.45) is 0 Å². The molecule has 0 aliphatic rings.